The van der Waals surface area contributed by atoms with Gasteiger partial charge in [0.15, 0.2) is 0 Å². The molecule has 1 aliphatic carbocycles. The van der Waals surface area contributed by atoms with E-state index in [1.165, 1.54) is 0 Å². The first-order valence-electron chi connectivity index (χ1n) is 16.0. The summed E-state index contributed by atoms with van der Waals surface area (Å²) in [5, 5.41) is 28.5. The molecule has 1 aromatic heterocycles. The monoisotopic (exact) mass is 613 g/mol. The van der Waals surface area contributed by atoms with E-state index in [0.29, 0.717) is 32.5 Å². The molecule has 2 aliphatic rings. The molecule has 1 saturated heterocycles. The Morgan fingerprint density at radius 1 is 1.00 bits per heavy atom. The molecule has 2 amide bonds. The largest absolute Gasteiger partial charge is 0.392 e. The normalized spacial score (nSPS) is 21.9. The van der Waals surface area contributed by atoms with Gasteiger partial charge in [-0.1, -0.05) is 60.7 Å². The van der Waals surface area contributed by atoms with Crippen LogP contribution >= 0.6 is 0 Å². The highest BCUT2D eigenvalue weighted by atomic mass is 16.3. The first kappa shape index (κ1) is 32.8. The van der Waals surface area contributed by atoms with Crippen LogP contribution in [-0.2, 0) is 29.0 Å². The van der Waals surface area contributed by atoms with Crippen molar-refractivity contribution >= 4 is 11.8 Å². The van der Waals surface area contributed by atoms with Gasteiger partial charge >= 0.3 is 0 Å². The summed E-state index contributed by atoms with van der Waals surface area (Å²) in [5.74, 6) is -0.781. The summed E-state index contributed by atoms with van der Waals surface area (Å²) in [6, 6.07) is 20.6. The minimum atomic E-state index is -0.833. The van der Waals surface area contributed by atoms with E-state index in [1.54, 1.807) is 6.20 Å². The van der Waals surface area contributed by atoms with Gasteiger partial charge in [0.2, 0.25) is 11.8 Å². The maximum atomic E-state index is 13.8. The second-order valence-corrected chi connectivity index (χ2v) is 13.6. The van der Waals surface area contributed by atoms with Gasteiger partial charge in [-0.05, 0) is 61.9 Å². The fourth-order valence-corrected chi connectivity index (χ4v) is 6.56. The summed E-state index contributed by atoms with van der Waals surface area (Å²) in [6.45, 7) is 8.74. The quantitative estimate of drug-likeness (QED) is 0.263. The van der Waals surface area contributed by atoms with E-state index in [9.17, 15) is 19.8 Å². The molecule has 0 radical (unpaired) electrons. The molecule has 1 fully saturated rings. The van der Waals surface area contributed by atoms with Crippen LogP contribution in [-0.4, -0.2) is 86.8 Å². The molecular weight excluding hydrogens is 566 g/mol. The van der Waals surface area contributed by atoms with Crippen LogP contribution in [0.4, 0.5) is 0 Å². The van der Waals surface area contributed by atoms with Gasteiger partial charge in [0, 0.05) is 63.0 Å². The van der Waals surface area contributed by atoms with Crippen molar-refractivity contribution < 1.29 is 19.8 Å². The first-order chi connectivity index (χ1) is 21.6. The van der Waals surface area contributed by atoms with Crippen LogP contribution < -0.4 is 10.6 Å². The summed E-state index contributed by atoms with van der Waals surface area (Å²) < 4.78 is 0. The molecule has 9 nitrogen and oxygen atoms in total. The number of aliphatic hydroxyl groups excluding tert-OH is 2. The van der Waals surface area contributed by atoms with Crippen LogP contribution in [0, 0.1) is 5.92 Å². The van der Waals surface area contributed by atoms with E-state index in [1.807, 2.05) is 93.7 Å². The zero-order chi connectivity index (χ0) is 32.0. The predicted molar refractivity (Wildman–Crippen MR) is 174 cm³/mol. The number of piperazine rings is 1. The Hall–Kier alpha value is -3.63. The summed E-state index contributed by atoms with van der Waals surface area (Å²) in [4.78, 5) is 35.9. The Labute approximate surface area is 266 Å². The molecule has 2 unspecified atom stereocenters. The highest BCUT2D eigenvalue weighted by molar-refractivity contribution is 5.83. The lowest BCUT2D eigenvalue weighted by atomic mass is 9.91. The minimum Gasteiger partial charge on any atom is -0.392 e. The van der Waals surface area contributed by atoms with Crippen molar-refractivity contribution in [3.05, 3.63) is 101 Å². The topological polar surface area (TPSA) is 118 Å². The average molecular weight is 614 g/mol. The van der Waals surface area contributed by atoms with E-state index < -0.39 is 35.7 Å². The van der Waals surface area contributed by atoms with Crippen LogP contribution in [0.25, 0.3) is 0 Å². The van der Waals surface area contributed by atoms with Crippen LogP contribution in [0.1, 0.15) is 55.5 Å². The van der Waals surface area contributed by atoms with Crippen molar-refractivity contribution in [2.24, 2.45) is 5.92 Å². The van der Waals surface area contributed by atoms with Gasteiger partial charge < -0.3 is 20.8 Å². The predicted octanol–water partition coefficient (Wildman–Crippen LogP) is 2.87. The van der Waals surface area contributed by atoms with E-state index in [0.717, 1.165) is 28.8 Å². The number of benzene rings is 2. The number of nitrogens with one attached hydrogen (secondary N) is 2. The number of pyridine rings is 1. The van der Waals surface area contributed by atoms with E-state index in [4.69, 9.17) is 0 Å². The number of carbonyl (C=O) groups is 2. The van der Waals surface area contributed by atoms with E-state index in [-0.39, 0.29) is 24.8 Å². The van der Waals surface area contributed by atoms with Gasteiger partial charge in [-0.15, -0.1) is 0 Å². The summed E-state index contributed by atoms with van der Waals surface area (Å²) >= 11 is 0. The molecule has 2 aromatic carbocycles. The Kier molecular flexibility index (Phi) is 10.7. The Morgan fingerprint density at radius 3 is 2.47 bits per heavy atom. The molecule has 5 rings (SSSR count). The van der Waals surface area contributed by atoms with Crippen LogP contribution in [0.3, 0.4) is 0 Å². The Balaban J connectivity index is 1.29. The number of carbonyl (C=O) groups excluding carboxylic acids is 2. The second-order valence-electron chi connectivity index (χ2n) is 13.6. The van der Waals surface area contributed by atoms with E-state index in [2.05, 4.69) is 25.4 Å². The molecule has 1 aliphatic heterocycles. The molecule has 45 heavy (non-hydrogen) atoms. The number of hydrogen-bond donors (Lipinski definition) is 4. The van der Waals surface area contributed by atoms with Crippen molar-refractivity contribution in [1.82, 2.24) is 25.4 Å². The zero-order valence-corrected chi connectivity index (χ0v) is 26.6. The molecule has 0 bridgehead atoms. The Morgan fingerprint density at radius 2 is 1.73 bits per heavy atom. The van der Waals surface area contributed by atoms with Gasteiger partial charge in [0.1, 0.15) is 6.04 Å². The molecular formula is C36H47N5O4. The number of β-amino-alcohol motifs (C(OH)–C–C–N with tert-alkyl or cyclic N) is 1. The van der Waals surface area contributed by atoms with Crippen molar-refractivity contribution in [2.45, 2.75) is 76.4 Å². The first-order valence-corrected chi connectivity index (χ1v) is 16.0. The van der Waals surface area contributed by atoms with Crippen molar-refractivity contribution in [1.29, 1.82) is 0 Å². The number of hydrogen-bond acceptors (Lipinski definition) is 7. The van der Waals surface area contributed by atoms with Gasteiger partial charge in [-0.3, -0.25) is 24.4 Å². The highest BCUT2D eigenvalue weighted by Crippen LogP contribution is 2.32. The third kappa shape index (κ3) is 8.98. The molecule has 240 valence electrons. The summed E-state index contributed by atoms with van der Waals surface area (Å²) in [7, 11) is 0. The van der Waals surface area contributed by atoms with Crippen LogP contribution in [0.5, 0.6) is 0 Å². The lowest BCUT2D eigenvalue weighted by molar-refractivity contribution is -0.132. The summed E-state index contributed by atoms with van der Waals surface area (Å²) in [5.41, 5.74) is 3.68. The fraction of sp³-hybridized carbons (Fsp3) is 0.472. The maximum Gasteiger partial charge on any atom is 0.239 e. The smallest absolute Gasteiger partial charge is 0.239 e. The van der Waals surface area contributed by atoms with Crippen LogP contribution in [0.2, 0.25) is 0 Å². The van der Waals surface area contributed by atoms with Gasteiger partial charge in [0.25, 0.3) is 0 Å². The Bertz CT molecular complexity index is 1410. The van der Waals surface area contributed by atoms with Crippen molar-refractivity contribution in [3.8, 4) is 0 Å². The standard InChI is InChI=1S/C36H47N5O4/c1-36(2,3)39-35(45)31-24-40(22-26-12-9-15-37-21-26)16-17-41(31)23-29(42)19-28(18-25-10-5-4-6-11-25)34(44)38-33-30-14-8-7-13-27(30)20-32(33)43/h4-15,21,28-29,31-33,42-43H,16-20,22-24H2,1-3H3,(H,38,44)(H,39,45)/t28?,29?,31-,32+,33+/m0/s1. The number of aromatic nitrogens is 1. The number of fused-ring (bicyclic) bond motifs is 1. The third-order valence-corrected chi connectivity index (χ3v) is 8.70. The molecule has 3 aromatic rings. The molecule has 2 heterocycles. The SMILES string of the molecule is CC(C)(C)NC(=O)[C@@H]1CN(Cc2cccnc2)CCN1CC(O)CC(Cc1ccccc1)C(=O)N[C@@H]1c2ccccc2C[C@H]1O. The third-order valence-electron chi connectivity index (χ3n) is 8.70. The summed E-state index contributed by atoms with van der Waals surface area (Å²) in [6.07, 6.45) is 3.26. The molecule has 0 spiro atoms. The van der Waals surface area contributed by atoms with Crippen molar-refractivity contribution in [2.75, 3.05) is 26.2 Å². The maximum absolute atomic E-state index is 13.8. The molecule has 5 atom stereocenters. The lowest BCUT2D eigenvalue weighted by Gasteiger charge is -2.42. The average Bonchev–Trinajstić information content (AvgIpc) is 3.32. The van der Waals surface area contributed by atoms with E-state index >= 15 is 0 Å². The van der Waals surface area contributed by atoms with Gasteiger partial charge in [0.05, 0.1) is 18.2 Å². The number of rotatable bonds is 11. The zero-order valence-electron chi connectivity index (χ0n) is 26.6. The van der Waals surface area contributed by atoms with Gasteiger partial charge in [-0.2, -0.15) is 0 Å². The van der Waals surface area contributed by atoms with Gasteiger partial charge in [-0.25, -0.2) is 0 Å². The minimum absolute atomic E-state index is 0.0712. The second kappa shape index (κ2) is 14.6. The van der Waals surface area contributed by atoms with Crippen LogP contribution in [0.15, 0.2) is 79.1 Å². The lowest BCUT2D eigenvalue weighted by Crippen LogP contribution is -2.61. The number of amides is 2. The number of aliphatic hydroxyl groups is 2. The molecule has 0 saturated carbocycles. The highest BCUT2D eigenvalue weighted by Gasteiger charge is 2.37. The molecule has 9 heteroatoms. The molecule has 4 N–H and O–H groups in total. The number of nitrogens with zero attached hydrogens (tertiary/aromatic N) is 3. The fourth-order valence-electron chi connectivity index (χ4n) is 6.56. The van der Waals surface area contributed by atoms with Crippen molar-refractivity contribution in [3.63, 3.8) is 0 Å².